The summed E-state index contributed by atoms with van der Waals surface area (Å²) in [5, 5.41) is 9.62. The van der Waals surface area contributed by atoms with Gasteiger partial charge >= 0.3 is 0 Å². The molecule has 0 aromatic heterocycles. The molecule has 0 fully saturated rings. The predicted molar refractivity (Wildman–Crippen MR) is 88.1 cm³/mol. The lowest BCUT2D eigenvalue weighted by atomic mass is 10.1. The third-order valence-electron chi connectivity index (χ3n) is 2.66. The van der Waals surface area contributed by atoms with Gasteiger partial charge in [0.15, 0.2) is 0 Å². The highest BCUT2D eigenvalue weighted by Crippen LogP contribution is 2.11. The fourth-order valence-electron chi connectivity index (χ4n) is 1.70. The molecule has 0 saturated heterocycles. The minimum absolute atomic E-state index is 0.612. The molecule has 0 atom stereocenters. The summed E-state index contributed by atoms with van der Waals surface area (Å²) in [6.45, 7) is 0. The van der Waals surface area contributed by atoms with Crippen molar-refractivity contribution < 1.29 is 5.11 Å². The molecule has 3 aromatic rings. The van der Waals surface area contributed by atoms with Gasteiger partial charge in [-0.05, 0) is 16.3 Å². The molecule has 0 radical (unpaired) electrons. The number of halogens is 1. The summed E-state index contributed by atoms with van der Waals surface area (Å²) in [6.07, 6.45) is 0. The van der Waals surface area contributed by atoms with E-state index >= 15 is 0 Å². The number of alkyl halides is 1. The van der Waals surface area contributed by atoms with Crippen LogP contribution in [0.5, 0.6) is 0 Å². The quantitative estimate of drug-likeness (QED) is 0.633. The maximum Gasteiger partial charge on any atom is 0.0474 e. The van der Waals surface area contributed by atoms with Gasteiger partial charge in [-0.25, -0.2) is 0 Å². The lowest BCUT2D eigenvalue weighted by molar-refractivity contribution is 0.399. The summed E-state index contributed by atoms with van der Waals surface area (Å²) in [6, 6.07) is 26.7. The Labute approximate surface area is 125 Å². The average Bonchev–Trinajstić information content (AvgIpc) is 2.58. The molecule has 0 unspecified atom stereocenters. The van der Waals surface area contributed by atoms with Crippen LogP contribution in [-0.2, 0) is 5.88 Å². The summed E-state index contributed by atoms with van der Waals surface area (Å²) < 4.78 is 0. The van der Waals surface area contributed by atoms with Crippen LogP contribution in [0.25, 0.3) is 10.8 Å². The third kappa shape index (κ3) is 5.43. The van der Waals surface area contributed by atoms with E-state index in [1.807, 2.05) is 30.3 Å². The summed E-state index contributed by atoms with van der Waals surface area (Å²) in [4.78, 5) is 0. The van der Waals surface area contributed by atoms with Gasteiger partial charge in [0, 0.05) is 13.0 Å². The largest absolute Gasteiger partial charge is 0.400 e. The minimum atomic E-state index is 0.612. The molecule has 0 aliphatic rings. The van der Waals surface area contributed by atoms with Crippen LogP contribution >= 0.6 is 11.6 Å². The monoisotopic (exact) mass is 286 g/mol. The molecule has 0 saturated carbocycles. The van der Waals surface area contributed by atoms with E-state index in [4.69, 9.17) is 16.7 Å². The standard InChI is InChI=1S/C10H8.C7H7Cl.CH4O/c1-2-6-10-8-4-3-7-9(10)5-1;8-6-7-4-2-1-3-5-7;1-2/h1-8H;1-5H,6H2;2H,1H3. The molecule has 0 aliphatic carbocycles. The van der Waals surface area contributed by atoms with Gasteiger partial charge in [-0.3, -0.25) is 0 Å². The van der Waals surface area contributed by atoms with E-state index < -0.39 is 0 Å². The topological polar surface area (TPSA) is 20.2 Å². The number of aliphatic hydroxyl groups excluding tert-OH is 1. The number of rotatable bonds is 1. The van der Waals surface area contributed by atoms with Crippen molar-refractivity contribution in [1.82, 2.24) is 0 Å². The molecule has 0 bridgehead atoms. The van der Waals surface area contributed by atoms with Gasteiger partial charge < -0.3 is 5.11 Å². The Morgan fingerprint density at radius 3 is 1.30 bits per heavy atom. The van der Waals surface area contributed by atoms with Crippen molar-refractivity contribution in [2.45, 2.75) is 5.88 Å². The highest BCUT2D eigenvalue weighted by Gasteiger charge is 1.85. The molecular weight excluding hydrogens is 268 g/mol. The van der Waals surface area contributed by atoms with E-state index in [0.717, 1.165) is 7.11 Å². The van der Waals surface area contributed by atoms with Crippen LogP contribution in [-0.4, -0.2) is 12.2 Å². The predicted octanol–water partition coefficient (Wildman–Crippen LogP) is 4.87. The first kappa shape index (κ1) is 16.2. The summed E-state index contributed by atoms with van der Waals surface area (Å²) >= 11 is 5.53. The molecule has 0 aliphatic heterocycles. The number of benzene rings is 3. The van der Waals surface area contributed by atoms with Gasteiger partial charge in [-0.2, -0.15) is 0 Å². The molecule has 0 spiro atoms. The molecule has 104 valence electrons. The van der Waals surface area contributed by atoms with E-state index in [1.165, 1.54) is 16.3 Å². The molecule has 20 heavy (non-hydrogen) atoms. The number of fused-ring (bicyclic) bond motifs is 1. The first-order chi connectivity index (χ1) is 9.90. The second kappa shape index (κ2) is 10.0. The smallest absolute Gasteiger partial charge is 0.0474 e. The van der Waals surface area contributed by atoms with Crippen molar-refractivity contribution in [2.75, 3.05) is 7.11 Å². The zero-order chi connectivity index (χ0) is 14.6. The lowest BCUT2D eigenvalue weighted by Gasteiger charge is -1.92. The maximum absolute atomic E-state index is 7.00. The van der Waals surface area contributed by atoms with E-state index in [1.54, 1.807) is 0 Å². The second-order valence-corrected chi connectivity index (χ2v) is 4.23. The highest BCUT2D eigenvalue weighted by atomic mass is 35.5. The second-order valence-electron chi connectivity index (χ2n) is 3.97. The minimum Gasteiger partial charge on any atom is -0.400 e. The van der Waals surface area contributed by atoms with Crippen molar-refractivity contribution >= 4 is 22.4 Å². The van der Waals surface area contributed by atoms with Crippen molar-refractivity contribution in [3.8, 4) is 0 Å². The van der Waals surface area contributed by atoms with Crippen molar-refractivity contribution in [3.05, 3.63) is 84.4 Å². The van der Waals surface area contributed by atoms with Gasteiger partial charge in [0.2, 0.25) is 0 Å². The summed E-state index contributed by atoms with van der Waals surface area (Å²) in [5.41, 5.74) is 1.18. The highest BCUT2D eigenvalue weighted by molar-refractivity contribution is 6.17. The normalized spacial score (nSPS) is 8.95. The summed E-state index contributed by atoms with van der Waals surface area (Å²) in [5.74, 6) is 0.612. The van der Waals surface area contributed by atoms with E-state index in [9.17, 15) is 0 Å². The van der Waals surface area contributed by atoms with Crippen LogP contribution in [0.4, 0.5) is 0 Å². The van der Waals surface area contributed by atoms with E-state index in [0.29, 0.717) is 5.88 Å². The van der Waals surface area contributed by atoms with Gasteiger partial charge in [-0.1, -0.05) is 78.9 Å². The van der Waals surface area contributed by atoms with E-state index in [2.05, 4.69) is 48.5 Å². The van der Waals surface area contributed by atoms with Crippen LogP contribution in [0.3, 0.4) is 0 Å². The Morgan fingerprint density at radius 1 is 0.650 bits per heavy atom. The van der Waals surface area contributed by atoms with Crippen LogP contribution in [0.2, 0.25) is 0 Å². The van der Waals surface area contributed by atoms with Crippen molar-refractivity contribution in [2.24, 2.45) is 0 Å². The average molecular weight is 287 g/mol. The first-order valence-corrected chi connectivity index (χ1v) is 6.92. The van der Waals surface area contributed by atoms with Crippen LogP contribution in [0.1, 0.15) is 5.56 Å². The Morgan fingerprint density at radius 2 is 1.00 bits per heavy atom. The molecule has 0 amide bonds. The summed E-state index contributed by atoms with van der Waals surface area (Å²) in [7, 11) is 1.00. The van der Waals surface area contributed by atoms with Crippen LogP contribution in [0.15, 0.2) is 78.9 Å². The van der Waals surface area contributed by atoms with Crippen molar-refractivity contribution in [1.29, 1.82) is 0 Å². The zero-order valence-corrected chi connectivity index (χ0v) is 12.3. The molecule has 1 nitrogen and oxygen atoms in total. The maximum atomic E-state index is 7.00. The SMILES string of the molecule is CO.ClCc1ccccc1.c1ccc2ccccc2c1. The molecule has 2 heteroatoms. The Balaban J connectivity index is 0.000000182. The lowest BCUT2D eigenvalue weighted by Crippen LogP contribution is -1.71. The Hall–Kier alpha value is -1.83. The number of hydrogen-bond acceptors (Lipinski definition) is 1. The molecule has 0 heterocycles. The van der Waals surface area contributed by atoms with Gasteiger partial charge in [0.1, 0.15) is 0 Å². The Kier molecular flexibility index (Phi) is 8.13. The Bertz CT molecular complexity index is 528. The third-order valence-corrected chi connectivity index (χ3v) is 2.96. The molecule has 3 rings (SSSR count). The fraction of sp³-hybridized carbons (Fsp3) is 0.111. The van der Waals surface area contributed by atoms with Gasteiger partial charge in [0.25, 0.3) is 0 Å². The van der Waals surface area contributed by atoms with Crippen molar-refractivity contribution in [3.63, 3.8) is 0 Å². The van der Waals surface area contributed by atoms with Crippen LogP contribution in [0, 0.1) is 0 Å². The van der Waals surface area contributed by atoms with E-state index in [-0.39, 0.29) is 0 Å². The number of aliphatic hydroxyl groups is 1. The first-order valence-electron chi connectivity index (χ1n) is 6.38. The zero-order valence-electron chi connectivity index (χ0n) is 11.5. The van der Waals surface area contributed by atoms with Gasteiger partial charge in [-0.15, -0.1) is 11.6 Å². The molecule has 3 aromatic carbocycles. The van der Waals surface area contributed by atoms with Gasteiger partial charge in [0.05, 0.1) is 0 Å². The van der Waals surface area contributed by atoms with Crippen LogP contribution < -0.4 is 0 Å². The number of hydrogen-bond donors (Lipinski definition) is 1. The molecular formula is C18H19ClO. The fourth-order valence-corrected chi connectivity index (χ4v) is 1.88. The molecule has 1 N–H and O–H groups in total.